The number of piperidine rings is 1. The summed E-state index contributed by atoms with van der Waals surface area (Å²) in [5.74, 6) is 0.420. The first-order valence-corrected chi connectivity index (χ1v) is 10.2. The van der Waals surface area contributed by atoms with E-state index in [1.165, 1.54) is 15.4 Å². The predicted molar refractivity (Wildman–Crippen MR) is 94.7 cm³/mol. The Balaban J connectivity index is 2.05. The van der Waals surface area contributed by atoms with Gasteiger partial charge in [-0.2, -0.15) is 0 Å². The molecule has 1 aliphatic heterocycles. The minimum absolute atomic E-state index is 0.282. The van der Waals surface area contributed by atoms with Crippen molar-refractivity contribution in [2.45, 2.75) is 25.3 Å². The van der Waals surface area contributed by atoms with Crippen molar-refractivity contribution in [3.05, 3.63) is 33.4 Å². The predicted octanol–water partition coefficient (Wildman–Crippen LogP) is 2.61. The lowest BCUT2D eigenvalue weighted by atomic mass is 9.89. The molecule has 1 aromatic carbocycles. The van der Waals surface area contributed by atoms with Crippen LogP contribution in [0.4, 0.5) is 0 Å². The van der Waals surface area contributed by atoms with Gasteiger partial charge in [-0.3, -0.25) is 0 Å². The summed E-state index contributed by atoms with van der Waals surface area (Å²) < 4.78 is 26.3. The Morgan fingerprint density at radius 3 is 2.86 bits per heavy atom. The van der Waals surface area contributed by atoms with Crippen molar-refractivity contribution in [1.29, 1.82) is 0 Å². The molecule has 0 aliphatic carbocycles. The van der Waals surface area contributed by atoms with Crippen molar-refractivity contribution in [2.75, 3.05) is 26.4 Å². The van der Waals surface area contributed by atoms with Crippen LogP contribution in [0.5, 0.6) is 0 Å². The van der Waals surface area contributed by atoms with Gasteiger partial charge in [-0.25, -0.2) is 12.7 Å². The molecule has 6 heteroatoms. The van der Waals surface area contributed by atoms with Crippen molar-refractivity contribution in [3.8, 4) is 0 Å². The molecule has 4 nitrogen and oxygen atoms in total. The Labute approximate surface area is 141 Å². The standard InChI is InChI=1S/C15H23IN2O2S/c1-17-15(13-6-3-7-14(16)10-13)9-12-5-4-8-18(11-12)21(2,19)20/h3,6-7,10,12,15,17H,4-5,8-9,11H2,1-2H3. The minimum atomic E-state index is -3.06. The smallest absolute Gasteiger partial charge is 0.211 e. The average molecular weight is 422 g/mol. The van der Waals surface area contributed by atoms with E-state index in [0.717, 1.165) is 19.3 Å². The summed E-state index contributed by atoms with van der Waals surface area (Å²) in [5, 5.41) is 3.38. The molecule has 0 bridgehead atoms. The number of nitrogens with zero attached hydrogens (tertiary/aromatic N) is 1. The van der Waals surface area contributed by atoms with Gasteiger partial charge in [0.1, 0.15) is 0 Å². The summed E-state index contributed by atoms with van der Waals surface area (Å²) in [6.07, 6.45) is 4.35. The minimum Gasteiger partial charge on any atom is -0.313 e. The maximum absolute atomic E-state index is 11.7. The largest absolute Gasteiger partial charge is 0.313 e. The number of halogens is 1. The highest BCUT2D eigenvalue weighted by atomic mass is 127. The molecule has 1 heterocycles. The zero-order chi connectivity index (χ0) is 15.5. The first kappa shape index (κ1) is 17.2. The topological polar surface area (TPSA) is 49.4 Å². The molecular weight excluding hydrogens is 399 g/mol. The van der Waals surface area contributed by atoms with E-state index in [-0.39, 0.29) is 6.04 Å². The van der Waals surface area contributed by atoms with Gasteiger partial charge >= 0.3 is 0 Å². The van der Waals surface area contributed by atoms with E-state index < -0.39 is 10.0 Å². The number of rotatable bonds is 5. The quantitative estimate of drug-likeness (QED) is 0.743. The van der Waals surface area contributed by atoms with Crippen LogP contribution in [0.2, 0.25) is 0 Å². The fourth-order valence-electron chi connectivity index (χ4n) is 3.00. The van der Waals surface area contributed by atoms with E-state index in [1.807, 2.05) is 7.05 Å². The lowest BCUT2D eigenvalue weighted by Crippen LogP contribution is -2.40. The summed E-state index contributed by atoms with van der Waals surface area (Å²) in [5.41, 5.74) is 1.28. The van der Waals surface area contributed by atoms with Gasteiger partial charge in [0, 0.05) is 22.7 Å². The lowest BCUT2D eigenvalue weighted by molar-refractivity contribution is 0.240. The molecule has 1 N–H and O–H groups in total. The van der Waals surface area contributed by atoms with Crippen molar-refractivity contribution < 1.29 is 8.42 Å². The fraction of sp³-hybridized carbons (Fsp3) is 0.600. The van der Waals surface area contributed by atoms with Crippen LogP contribution in [0.3, 0.4) is 0 Å². The maximum atomic E-state index is 11.7. The molecule has 1 aliphatic rings. The summed E-state index contributed by atoms with van der Waals surface area (Å²) in [7, 11) is -1.09. The molecule has 1 saturated heterocycles. The molecule has 2 unspecified atom stereocenters. The first-order chi connectivity index (χ1) is 9.90. The number of sulfonamides is 1. The Bertz CT molecular complexity index is 577. The highest BCUT2D eigenvalue weighted by Gasteiger charge is 2.27. The van der Waals surface area contributed by atoms with Gasteiger partial charge < -0.3 is 5.32 Å². The van der Waals surface area contributed by atoms with Crippen LogP contribution in [-0.4, -0.2) is 39.1 Å². The molecule has 0 spiro atoms. The van der Waals surface area contributed by atoms with Crippen LogP contribution in [0.1, 0.15) is 30.9 Å². The van der Waals surface area contributed by atoms with Crippen molar-refractivity contribution >= 4 is 32.6 Å². The number of benzene rings is 1. The summed E-state index contributed by atoms with van der Waals surface area (Å²) in [6, 6.07) is 8.78. The molecule has 0 saturated carbocycles. The van der Waals surface area contributed by atoms with Crippen LogP contribution >= 0.6 is 22.6 Å². The third-order valence-electron chi connectivity index (χ3n) is 4.12. The second-order valence-electron chi connectivity index (χ2n) is 5.76. The van der Waals surface area contributed by atoms with E-state index in [9.17, 15) is 8.42 Å². The highest BCUT2D eigenvalue weighted by Crippen LogP contribution is 2.28. The van der Waals surface area contributed by atoms with Crippen LogP contribution in [0.25, 0.3) is 0 Å². The summed E-state index contributed by atoms with van der Waals surface area (Å²) >= 11 is 2.32. The van der Waals surface area contributed by atoms with E-state index in [2.05, 4.69) is 52.2 Å². The summed E-state index contributed by atoms with van der Waals surface area (Å²) in [4.78, 5) is 0. The molecule has 1 aromatic rings. The first-order valence-electron chi connectivity index (χ1n) is 7.28. The third-order valence-corrected chi connectivity index (χ3v) is 6.06. The van der Waals surface area contributed by atoms with Gasteiger partial charge in [0.2, 0.25) is 10.0 Å². The van der Waals surface area contributed by atoms with Crippen LogP contribution in [-0.2, 0) is 10.0 Å². The molecule has 1 fully saturated rings. The van der Waals surface area contributed by atoms with Crippen molar-refractivity contribution in [3.63, 3.8) is 0 Å². The van der Waals surface area contributed by atoms with Crippen LogP contribution < -0.4 is 5.32 Å². The van der Waals surface area contributed by atoms with Gasteiger partial charge in [0.25, 0.3) is 0 Å². The van der Waals surface area contributed by atoms with E-state index in [1.54, 1.807) is 4.31 Å². The molecule has 2 rings (SSSR count). The van der Waals surface area contributed by atoms with Gasteiger partial charge in [-0.1, -0.05) is 12.1 Å². The van der Waals surface area contributed by atoms with Gasteiger partial charge in [-0.05, 0) is 72.5 Å². The summed E-state index contributed by atoms with van der Waals surface area (Å²) in [6.45, 7) is 1.32. The molecule has 2 atom stereocenters. The Hall–Kier alpha value is -0.180. The van der Waals surface area contributed by atoms with Crippen molar-refractivity contribution in [1.82, 2.24) is 9.62 Å². The zero-order valence-electron chi connectivity index (χ0n) is 12.5. The number of hydrogen-bond acceptors (Lipinski definition) is 3. The van der Waals surface area contributed by atoms with Crippen LogP contribution in [0, 0.1) is 9.49 Å². The maximum Gasteiger partial charge on any atom is 0.211 e. The van der Waals surface area contributed by atoms with E-state index in [0.29, 0.717) is 19.0 Å². The van der Waals surface area contributed by atoms with E-state index in [4.69, 9.17) is 0 Å². The number of hydrogen-bond donors (Lipinski definition) is 1. The van der Waals surface area contributed by atoms with Crippen molar-refractivity contribution in [2.24, 2.45) is 5.92 Å². The van der Waals surface area contributed by atoms with Gasteiger partial charge in [-0.15, -0.1) is 0 Å². The molecule has 21 heavy (non-hydrogen) atoms. The normalized spacial score (nSPS) is 22.1. The third kappa shape index (κ3) is 4.91. The monoisotopic (exact) mass is 422 g/mol. The van der Waals surface area contributed by atoms with Gasteiger partial charge in [0.05, 0.1) is 6.26 Å². The number of nitrogens with one attached hydrogen (secondary N) is 1. The second kappa shape index (κ2) is 7.39. The Morgan fingerprint density at radius 2 is 2.24 bits per heavy atom. The molecular formula is C15H23IN2O2S. The van der Waals surface area contributed by atoms with Gasteiger partial charge in [0.15, 0.2) is 0 Å². The molecule has 0 amide bonds. The lowest BCUT2D eigenvalue weighted by Gasteiger charge is -2.33. The zero-order valence-corrected chi connectivity index (χ0v) is 15.5. The van der Waals surface area contributed by atoms with Crippen LogP contribution in [0.15, 0.2) is 24.3 Å². The highest BCUT2D eigenvalue weighted by molar-refractivity contribution is 14.1. The Morgan fingerprint density at radius 1 is 1.48 bits per heavy atom. The molecule has 0 aromatic heterocycles. The fourth-order valence-corrected chi connectivity index (χ4v) is 4.51. The Kier molecular flexibility index (Phi) is 6.05. The molecule has 118 valence electrons. The molecule has 0 radical (unpaired) electrons. The SMILES string of the molecule is CNC(CC1CCCN(S(C)(=O)=O)C1)c1cccc(I)c1. The second-order valence-corrected chi connectivity index (χ2v) is 8.99. The van der Waals surface area contributed by atoms with E-state index >= 15 is 0 Å². The average Bonchev–Trinajstić information content (AvgIpc) is 2.44.